The van der Waals surface area contributed by atoms with Gasteiger partial charge in [-0.25, -0.2) is 8.42 Å². The second-order valence-electron chi connectivity index (χ2n) is 7.23. The molecule has 0 radical (unpaired) electrons. The van der Waals surface area contributed by atoms with Crippen molar-refractivity contribution in [3.8, 4) is 5.75 Å². The number of fused-ring (bicyclic) bond motifs is 1. The van der Waals surface area contributed by atoms with Crippen LogP contribution >= 0.6 is 22.9 Å². The summed E-state index contributed by atoms with van der Waals surface area (Å²) < 4.78 is 29.0. The summed E-state index contributed by atoms with van der Waals surface area (Å²) in [5.41, 5.74) is 6.36. The molecule has 31 heavy (non-hydrogen) atoms. The van der Waals surface area contributed by atoms with E-state index in [-0.39, 0.29) is 28.2 Å². The number of carbonyl (C=O) groups is 1. The molecule has 8 nitrogen and oxygen atoms in total. The van der Waals surface area contributed by atoms with Crippen LogP contribution in [0.1, 0.15) is 17.5 Å². The number of nitrogen functional groups attached to an aromatic ring is 1. The number of thiophene rings is 1. The number of phenols is 1. The van der Waals surface area contributed by atoms with E-state index in [2.05, 4.69) is 4.72 Å². The Morgan fingerprint density at radius 3 is 2.81 bits per heavy atom. The number of phenolic OH excluding ortho intramolecular Hbond substituents is 1. The van der Waals surface area contributed by atoms with Crippen molar-refractivity contribution >= 4 is 54.8 Å². The molecular formula is C20H19ClN4O4S2. The van der Waals surface area contributed by atoms with E-state index in [1.807, 2.05) is 0 Å². The molecule has 5 N–H and O–H groups in total. The molecule has 0 aliphatic carbocycles. The Balaban J connectivity index is 1.50. The Hall–Kier alpha value is -2.66. The summed E-state index contributed by atoms with van der Waals surface area (Å²) in [7, 11) is -3.89. The summed E-state index contributed by atoms with van der Waals surface area (Å²) in [5.74, 6) is -0.546. The number of amides is 1. The highest BCUT2D eigenvalue weighted by Gasteiger charge is 2.35. The third kappa shape index (κ3) is 4.38. The number of aromatic hydroxyl groups is 1. The van der Waals surface area contributed by atoms with Crippen molar-refractivity contribution in [3.63, 3.8) is 0 Å². The lowest BCUT2D eigenvalue weighted by Gasteiger charge is -2.18. The summed E-state index contributed by atoms with van der Waals surface area (Å²) in [6, 6.07) is 10.3. The smallest absolute Gasteiger partial charge is 0.250 e. The monoisotopic (exact) mass is 478 g/mol. The number of nitrogens with one attached hydrogen (secondary N) is 2. The lowest BCUT2D eigenvalue weighted by Crippen LogP contribution is -2.41. The van der Waals surface area contributed by atoms with Gasteiger partial charge in [-0.05, 0) is 48.2 Å². The number of likely N-dealkylation sites (tertiary alicyclic amines) is 1. The molecule has 162 valence electrons. The van der Waals surface area contributed by atoms with Crippen molar-refractivity contribution in [2.24, 2.45) is 5.73 Å². The standard InChI is InChI=1S/C20H19ClN4O4S2/c21-14-3-1-11-8-18(30-17(11)9-14)31(28,29)24-15-5-6-25(20(15)27)10-13-7-12(19(22)23)2-4-16(13)26/h1-4,7-9,15,24,26H,5-6,10H2,(H3,22,23). The van der Waals surface area contributed by atoms with Gasteiger partial charge in [-0.15, -0.1) is 11.3 Å². The lowest BCUT2D eigenvalue weighted by atomic mass is 10.1. The molecule has 1 fully saturated rings. The highest BCUT2D eigenvalue weighted by atomic mass is 35.5. The van der Waals surface area contributed by atoms with Gasteiger partial charge in [0.15, 0.2) is 0 Å². The van der Waals surface area contributed by atoms with E-state index in [4.69, 9.17) is 22.7 Å². The summed E-state index contributed by atoms with van der Waals surface area (Å²) in [5, 5.41) is 18.9. The van der Waals surface area contributed by atoms with Crippen LogP contribution in [0.5, 0.6) is 5.75 Å². The fraction of sp³-hybridized carbons (Fsp3) is 0.200. The Labute approximate surface area is 187 Å². The number of benzene rings is 2. The van der Waals surface area contributed by atoms with Gasteiger partial charge in [0.05, 0.1) is 0 Å². The third-order valence-electron chi connectivity index (χ3n) is 5.07. The van der Waals surface area contributed by atoms with Crippen molar-refractivity contribution in [1.29, 1.82) is 5.41 Å². The van der Waals surface area contributed by atoms with Gasteiger partial charge in [-0.2, -0.15) is 4.72 Å². The first-order valence-electron chi connectivity index (χ1n) is 9.30. The summed E-state index contributed by atoms with van der Waals surface area (Å²) in [6.45, 7) is 0.420. The number of halogens is 1. The Morgan fingerprint density at radius 1 is 1.29 bits per heavy atom. The minimum absolute atomic E-state index is 0.0224. The number of amidine groups is 1. The fourth-order valence-electron chi connectivity index (χ4n) is 3.45. The topological polar surface area (TPSA) is 137 Å². The average Bonchev–Trinajstić information content (AvgIpc) is 3.28. The van der Waals surface area contributed by atoms with Gasteiger partial charge in [0, 0.05) is 33.9 Å². The number of hydrogen-bond donors (Lipinski definition) is 4. The van der Waals surface area contributed by atoms with Gasteiger partial charge in [-0.1, -0.05) is 17.7 Å². The summed E-state index contributed by atoms with van der Waals surface area (Å²) in [4.78, 5) is 14.3. The predicted molar refractivity (Wildman–Crippen MR) is 120 cm³/mol. The molecule has 11 heteroatoms. The highest BCUT2D eigenvalue weighted by Crippen LogP contribution is 2.31. The van der Waals surface area contributed by atoms with Crippen LogP contribution in [0.2, 0.25) is 5.02 Å². The largest absolute Gasteiger partial charge is 0.508 e. The van der Waals surface area contributed by atoms with Crippen molar-refractivity contribution < 1.29 is 18.3 Å². The zero-order valence-electron chi connectivity index (χ0n) is 16.1. The molecule has 0 bridgehead atoms. The maximum atomic E-state index is 12.8. The SMILES string of the molecule is N=C(N)c1ccc(O)c(CN2CCC(NS(=O)(=O)c3cc4ccc(Cl)cc4s3)C2=O)c1. The Bertz CT molecular complexity index is 1310. The molecule has 1 aromatic heterocycles. The van der Waals surface area contributed by atoms with Crippen LogP contribution in [0.4, 0.5) is 0 Å². The van der Waals surface area contributed by atoms with Crippen LogP contribution in [-0.4, -0.2) is 42.8 Å². The molecule has 1 saturated heterocycles. The number of sulfonamides is 1. The van der Waals surface area contributed by atoms with E-state index < -0.39 is 16.1 Å². The lowest BCUT2D eigenvalue weighted by molar-refractivity contribution is -0.129. The molecular weight excluding hydrogens is 460 g/mol. The van der Waals surface area contributed by atoms with Gasteiger partial charge in [-0.3, -0.25) is 10.2 Å². The maximum Gasteiger partial charge on any atom is 0.250 e. The van der Waals surface area contributed by atoms with E-state index in [0.717, 1.165) is 21.4 Å². The fourth-order valence-corrected chi connectivity index (χ4v) is 6.36. The minimum Gasteiger partial charge on any atom is -0.508 e. The third-order valence-corrected chi connectivity index (χ3v) is 8.35. The predicted octanol–water partition coefficient (Wildman–Crippen LogP) is 2.62. The minimum atomic E-state index is -3.89. The van der Waals surface area contributed by atoms with Crippen LogP contribution in [-0.2, 0) is 21.4 Å². The van der Waals surface area contributed by atoms with Gasteiger partial charge in [0.1, 0.15) is 21.8 Å². The normalized spacial score (nSPS) is 16.9. The first-order valence-corrected chi connectivity index (χ1v) is 12.0. The van der Waals surface area contributed by atoms with Crippen molar-refractivity contribution in [2.75, 3.05) is 6.54 Å². The van der Waals surface area contributed by atoms with Crippen molar-refractivity contribution in [3.05, 3.63) is 58.6 Å². The van der Waals surface area contributed by atoms with E-state index in [1.54, 1.807) is 30.3 Å². The number of carbonyl (C=O) groups excluding carboxylic acids is 1. The number of nitrogens with two attached hydrogens (primary N) is 1. The van der Waals surface area contributed by atoms with Gasteiger partial charge in [0.25, 0.3) is 10.0 Å². The maximum absolute atomic E-state index is 12.8. The first-order chi connectivity index (χ1) is 14.6. The van der Waals surface area contributed by atoms with E-state index in [0.29, 0.717) is 29.1 Å². The zero-order valence-corrected chi connectivity index (χ0v) is 18.5. The number of nitrogens with zero attached hydrogens (tertiary/aromatic N) is 1. The summed E-state index contributed by atoms with van der Waals surface area (Å²) in [6.07, 6.45) is 0.307. The molecule has 1 atom stereocenters. The Kier molecular flexibility index (Phi) is 5.65. The molecule has 0 spiro atoms. The van der Waals surface area contributed by atoms with Gasteiger partial charge < -0.3 is 15.7 Å². The molecule has 2 aromatic carbocycles. The first kappa shape index (κ1) is 21.6. The average molecular weight is 479 g/mol. The van der Waals surface area contributed by atoms with E-state index >= 15 is 0 Å². The molecule has 4 rings (SSSR count). The number of rotatable bonds is 6. The van der Waals surface area contributed by atoms with E-state index in [1.165, 1.54) is 17.0 Å². The second-order valence-corrected chi connectivity index (χ2v) is 10.7. The van der Waals surface area contributed by atoms with Crippen molar-refractivity contribution in [1.82, 2.24) is 9.62 Å². The van der Waals surface area contributed by atoms with Crippen LogP contribution < -0.4 is 10.5 Å². The zero-order chi connectivity index (χ0) is 22.3. The molecule has 1 amide bonds. The van der Waals surface area contributed by atoms with Gasteiger partial charge >= 0.3 is 0 Å². The quantitative estimate of drug-likeness (QED) is 0.319. The van der Waals surface area contributed by atoms with Crippen LogP contribution in [0.3, 0.4) is 0 Å². The molecule has 1 aliphatic rings. The molecule has 3 aromatic rings. The van der Waals surface area contributed by atoms with Crippen LogP contribution in [0.15, 0.2) is 46.7 Å². The summed E-state index contributed by atoms with van der Waals surface area (Å²) >= 11 is 7.06. The highest BCUT2D eigenvalue weighted by molar-refractivity contribution is 7.91. The van der Waals surface area contributed by atoms with Crippen LogP contribution in [0.25, 0.3) is 10.1 Å². The molecule has 2 heterocycles. The van der Waals surface area contributed by atoms with Crippen LogP contribution in [0, 0.1) is 5.41 Å². The van der Waals surface area contributed by atoms with Crippen molar-refractivity contribution in [2.45, 2.75) is 23.2 Å². The molecule has 1 unspecified atom stereocenters. The molecule has 0 saturated carbocycles. The number of hydrogen-bond acceptors (Lipinski definition) is 6. The van der Waals surface area contributed by atoms with Gasteiger partial charge in [0.2, 0.25) is 5.91 Å². The van der Waals surface area contributed by atoms with E-state index in [9.17, 15) is 18.3 Å². The Morgan fingerprint density at radius 2 is 2.06 bits per heavy atom. The molecule has 1 aliphatic heterocycles. The second kappa shape index (κ2) is 8.12.